The summed E-state index contributed by atoms with van der Waals surface area (Å²) in [5.74, 6) is 0.501. The quantitative estimate of drug-likeness (QED) is 0.774. The molecule has 0 aliphatic carbocycles. The first-order valence-corrected chi connectivity index (χ1v) is 8.76. The average molecular weight is 335 g/mol. The molecule has 0 unspecified atom stereocenters. The minimum Gasteiger partial charge on any atom is -0.342 e. The van der Waals surface area contributed by atoms with Gasteiger partial charge in [0.25, 0.3) is 0 Å². The number of aryl methyl sites for hydroxylation is 1. The van der Waals surface area contributed by atoms with E-state index in [9.17, 15) is 8.42 Å². The van der Waals surface area contributed by atoms with Crippen molar-refractivity contribution in [1.29, 1.82) is 0 Å². The van der Waals surface area contributed by atoms with Gasteiger partial charge in [0.1, 0.15) is 4.21 Å². The Kier molecular flexibility index (Phi) is 4.06. The summed E-state index contributed by atoms with van der Waals surface area (Å²) in [6, 6.07) is 10.7. The predicted octanol–water partition coefficient (Wildman–Crippen LogP) is 2.59. The van der Waals surface area contributed by atoms with Crippen LogP contribution in [0.4, 0.5) is 0 Å². The first-order chi connectivity index (χ1) is 10.5. The van der Waals surface area contributed by atoms with Gasteiger partial charge in [0, 0.05) is 17.0 Å². The van der Waals surface area contributed by atoms with Gasteiger partial charge in [-0.3, -0.25) is 0 Å². The topological polar surface area (TPSA) is 85.1 Å². The number of aromatic nitrogens is 2. The minimum atomic E-state index is -3.46. The van der Waals surface area contributed by atoms with Crippen LogP contribution in [0.15, 0.2) is 51.5 Å². The Hall–Kier alpha value is -2.03. The monoisotopic (exact) mass is 335 g/mol. The van der Waals surface area contributed by atoms with E-state index in [1.165, 1.54) is 17.7 Å². The Labute approximate surface area is 131 Å². The highest BCUT2D eigenvalue weighted by Crippen LogP contribution is 2.21. The molecule has 2 aromatic heterocycles. The van der Waals surface area contributed by atoms with Crippen molar-refractivity contribution in [2.45, 2.75) is 17.7 Å². The number of benzene rings is 1. The molecule has 0 fully saturated rings. The van der Waals surface area contributed by atoms with Crippen molar-refractivity contribution in [2.24, 2.45) is 0 Å². The van der Waals surface area contributed by atoms with Gasteiger partial charge in [-0.2, -0.15) is 4.98 Å². The highest BCUT2D eigenvalue weighted by Gasteiger charge is 2.15. The summed E-state index contributed by atoms with van der Waals surface area (Å²) in [7, 11) is -3.46. The van der Waals surface area contributed by atoms with Crippen molar-refractivity contribution < 1.29 is 12.9 Å². The first-order valence-electron chi connectivity index (χ1n) is 6.46. The van der Waals surface area contributed by atoms with Crippen molar-refractivity contribution in [3.05, 3.63) is 53.2 Å². The third kappa shape index (κ3) is 3.24. The van der Waals surface area contributed by atoms with Gasteiger partial charge >= 0.3 is 0 Å². The zero-order valence-electron chi connectivity index (χ0n) is 11.7. The lowest BCUT2D eigenvalue weighted by Crippen LogP contribution is -2.22. The number of nitrogens with one attached hydrogen (secondary N) is 1. The van der Waals surface area contributed by atoms with Gasteiger partial charge in [0.05, 0.1) is 0 Å². The van der Waals surface area contributed by atoms with Gasteiger partial charge in [-0.15, -0.1) is 11.3 Å². The number of hydrogen-bond donors (Lipinski definition) is 1. The highest BCUT2D eigenvalue weighted by atomic mass is 32.2. The summed E-state index contributed by atoms with van der Waals surface area (Å²) < 4.78 is 31.9. The third-order valence-corrected chi connectivity index (χ3v) is 5.91. The second kappa shape index (κ2) is 5.99. The van der Waals surface area contributed by atoms with Crippen LogP contribution in [-0.4, -0.2) is 18.6 Å². The van der Waals surface area contributed by atoms with Crippen LogP contribution in [0.25, 0.3) is 11.4 Å². The van der Waals surface area contributed by atoms with Crippen molar-refractivity contribution >= 4 is 21.4 Å². The van der Waals surface area contributed by atoms with E-state index in [-0.39, 0.29) is 6.54 Å². The molecule has 0 radical (unpaired) electrons. The van der Waals surface area contributed by atoms with E-state index in [2.05, 4.69) is 14.9 Å². The third-order valence-electron chi connectivity index (χ3n) is 3.02. The second-order valence-electron chi connectivity index (χ2n) is 4.64. The maximum atomic E-state index is 12.1. The first kappa shape index (κ1) is 14.9. The molecular weight excluding hydrogens is 322 g/mol. The Morgan fingerprint density at radius 3 is 2.55 bits per heavy atom. The summed E-state index contributed by atoms with van der Waals surface area (Å²) >= 11 is 1.25. The molecule has 0 bridgehead atoms. The van der Waals surface area contributed by atoms with Crippen LogP contribution >= 0.6 is 11.3 Å². The normalized spacial score (nSPS) is 11.7. The highest BCUT2D eigenvalue weighted by molar-refractivity contribution is 7.91. The molecule has 3 aromatic rings. The molecule has 1 N–H and O–H groups in total. The molecule has 0 saturated carbocycles. The van der Waals surface area contributed by atoms with E-state index < -0.39 is 10.0 Å². The average Bonchev–Trinajstić information content (AvgIpc) is 3.17. The maximum absolute atomic E-state index is 12.1. The maximum Gasteiger partial charge on any atom is 0.250 e. The van der Waals surface area contributed by atoms with E-state index in [1.807, 2.05) is 31.2 Å². The smallest absolute Gasteiger partial charge is 0.250 e. The largest absolute Gasteiger partial charge is 0.342 e. The summed E-state index contributed by atoms with van der Waals surface area (Å²) in [5, 5.41) is 3.75. The Balaban J connectivity index is 1.69. The van der Waals surface area contributed by atoms with E-state index in [0.29, 0.717) is 10.0 Å². The molecular formula is C14H13N3O3S2. The second-order valence-corrected chi connectivity index (χ2v) is 7.92. The molecule has 0 atom stereocenters. The van der Waals surface area contributed by atoms with Gasteiger partial charge in [-0.25, -0.2) is 13.1 Å². The van der Waals surface area contributed by atoms with Crippen LogP contribution in [-0.2, 0) is 16.6 Å². The fourth-order valence-electron chi connectivity index (χ4n) is 1.88. The molecule has 22 heavy (non-hydrogen) atoms. The van der Waals surface area contributed by atoms with E-state index in [1.54, 1.807) is 12.1 Å². The number of sulfonamides is 1. The lowest BCUT2D eigenvalue weighted by Gasteiger charge is -2.05. The van der Waals surface area contributed by atoms with Crippen LogP contribution in [0.3, 0.4) is 0 Å². The molecule has 0 spiro atoms. The van der Waals surface area contributed by atoms with Crippen molar-refractivity contribution in [3.63, 3.8) is 0 Å². The molecule has 6 nitrogen and oxygen atoms in total. The van der Waals surface area contributed by atoms with Crippen molar-refractivity contribution in [2.75, 3.05) is 0 Å². The standard InChI is InChI=1S/C14H13N3O3S2/c1-10-2-7-13(21-10)22(18,19)16-8-11-3-5-12(6-4-11)14-15-9-20-17-14/h2-7,9,16H,8H2,1H3. The lowest BCUT2D eigenvalue weighted by molar-refractivity contribution is 0.419. The number of hydrogen-bond acceptors (Lipinski definition) is 6. The molecule has 0 saturated heterocycles. The van der Waals surface area contributed by atoms with E-state index >= 15 is 0 Å². The Morgan fingerprint density at radius 1 is 1.18 bits per heavy atom. The fraction of sp³-hybridized carbons (Fsp3) is 0.143. The van der Waals surface area contributed by atoms with Crippen LogP contribution in [0, 0.1) is 6.92 Å². The molecule has 0 amide bonds. The van der Waals surface area contributed by atoms with Crippen molar-refractivity contribution in [1.82, 2.24) is 14.9 Å². The SMILES string of the molecule is Cc1ccc(S(=O)(=O)NCc2ccc(-c3ncon3)cc2)s1. The number of thiophene rings is 1. The summed E-state index contributed by atoms with van der Waals surface area (Å²) in [5.41, 5.74) is 1.67. The van der Waals surface area contributed by atoms with Crippen LogP contribution in [0.5, 0.6) is 0 Å². The molecule has 8 heteroatoms. The predicted molar refractivity (Wildman–Crippen MR) is 82.8 cm³/mol. The minimum absolute atomic E-state index is 0.228. The molecule has 1 aromatic carbocycles. The van der Waals surface area contributed by atoms with Gasteiger partial charge in [0.15, 0.2) is 0 Å². The fourth-order valence-corrected chi connectivity index (χ4v) is 4.22. The Bertz CT molecular complexity index is 853. The Morgan fingerprint density at radius 2 is 1.95 bits per heavy atom. The zero-order valence-corrected chi connectivity index (χ0v) is 13.3. The molecule has 0 aliphatic rings. The van der Waals surface area contributed by atoms with E-state index in [4.69, 9.17) is 4.52 Å². The molecule has 0 aliphatic heterocycles. The summed E-state index contributed by atoms with van der Waals surface area (Å²) in [6.07, 6.45) is 1.26. The van der Waals surface area contributed by atoms with Crippen molar-refractivity contribution in [3.8, 4) is 11.4 Å². The zero-order chi connectivity index (χ0) is 15.6. The van der Waals surface area contributed by atoms with Crippen LogP contribution in [0.2, 0.25) is 0 Å². The van der Waals surface area contributed by atoms with Crippen LogP contribution in [0.1, 0.15) is 10.4 Å². The van der Waals surface area contributed by atoms with Gasteiger partial charge in [0.2, 0.25) is 22.2 Å². The summed E-state index contributed by atoms with van der Waals surface area (Å²) in [6.45, 7) is 2.10. The van der Waals surface area contributed by atoms with Gasteiger partial charge in [-0.05, 0) is 24.6 Å². The van der Waals surface area contributed by atoms with Gasteiger partial charge in [-0.1, -0.05) is 29.4 Å². The van der Waals surface area contributed by atoms with E-state index in [0.717, 1.165) is 16.0 Å². The van der Waals surface area contributed by atoms with Gasteiger partial charge < -0.3 is 4.52 Å². The molecule has 2 heterocycles. The molecule has 3 rings (SSSR count). The number of nitrogens with zero attached hydrogens (tertiary/aromatic N) is 2. The summed E-state index contributed by atoms with van der Waals surface area (Å²) in [4.78, 5) is 4.92. The molecule has 114 valence electrons. The lowest BCUT2D eigenvalue weighted by atomic mass is 10.1. The number of rotatable bonds is 5. The van der Waals surface area contributed by atoms with Crippen LogP contribution < -0.4 is 4.72 Å².